The third-order valence-corrected chi connectivity index (χ3v) is 5.35. The van der Waals surface area contributed by atoms with Gasteiger partial charge in [0.1, 0.15) is 17.1 Å². The van der Waals surface area contributed by atoms with Crippen LogP contribution in [0.2, 0.25) is 0 Å². The van der Waals surface area contributed by atoms with Crippen LogP contribution in [0.1, 0.15) is 11.1 Å². The Labute approximate surface area is 170 Å². The summed E-state index contributed by atoms with van der Waals surface area (Å²) in [5, 5.41) is 4.34. The van der Waals surface area contributed by atoms with Crippen LogP contribution in [0.5, 0.6) is 5.75 Å². The Morgan fingerprint density at radius 3 is 2.48 bits per heavy atom. The minimum atomic E-state index is 0.571. The molecule has 0 saturated carbocycles. The molecule has 0 spiro atoms. The van der Waals surface area contributed by atoms with E-state index in [1.807, 2.05) is 42.5 Å². The average molecular weight is 382 g/mol. The second-order valence-electron chi connectivity index (χ2n) is 7.16. The average Bonchev–Trinajstić information content (AvgIpc) is 2.78. The van der Waals surface area contributed by atoms with Crippen molar-refractivity contribution >= 4 is 28.4 Å². The first-order valence-corrected chi connectivity index (χ1v) is 9.80. The monoisotopic (exact) mass is 382 g/mol. The molecule has 4 aromatic rings. The molecule has 1 N–H and O–H groups in total. The smallest absolute Gasteiger partial charge is 0.229 e. The highest BCUT2D eigenvalue weighted by Gasteiger charge is 2.21. The van der Waals surface area contributed by atoms with Crippen LogP contribution in [0.3, 0.4) is 0 Å². The minimum absolute atomic E-state index is 0.571. The fourth-order valence-corrected chi connectivity index (χ4v) is 3.90. The van der Waals surface area contributed by atoms with Crippen LogP contribution >= 0.6 is 0 Å². The third-order valence-electron chi connectivity index (χ3n) is 5.35. The molecule has 1 aromatic heterocycles. The topological polar surface area (TPSA) is 50.3 Å². The van der Waals surface area contributed by atoms with Crippen molar-refractivity contribution in [3.63, 3.8) is 0 Å². The van der Waals surface area contributed by atoms with Crippen molar-refractivity contribution in [2.24, 2.45) is 0 Å². The van der Waals surface area contributed by atoms with Crippen molar-refractivity contribution in [3.05, 3.63) is 83.9 Å². The Morgan fingerprint density at radius 2 is 1.66 bits per heavy atom. The number of aromatic nitrogens is 2. The summed E-state index contributed by atoms with van der Waals surface area (Å²) in [6.45, 7) is 1.76. The lowest BCUT2D eigenvalue weighted by molar-refractivity contribution is 0.419. The van der Waals surface area contributed by atoms with E-state index in [0.717, 1.165) is 47.7 Å². The molecule has 1 aliphatic heterocycles. The molecule has 0 saturated heterocycles. The first-order chi connectivity index (χ1) is 14.3. The van der Waals surface area contributed by atoms with Crippen LogP contribution in [-0.4, -0.2) is 23.6 Å². The van der Waals surface area contributed by atoms with Crippen LogP contribution in [0.15, 0.2) is 72.8 Å². The normalized spacial score (nSPS) is 13.2. The van der Waals surface area contributed by atoms with Gasteiger partial charge in [-0.25, -0.2) is 4.98 Å². The van der Waals surface area contributed by atoms with Crippen LogP contribution in [0, 0.1) is 0 Å². The first kappa shape index (κ1) is 17.5. The van der Waals surface area contributed by atoms with Crippen molar-refractivity contribution in [3.8, 4) is 5.75 Å². The van der Waals surface area contributed by atoms with Gasteiger partial charge in [0.15, 0.2) is 0 Å². The number of methoxy groups -OCH3 is 1. The van der Waals surface area contributed by atoms with Crippen molar-refractivity contribution in [1.82, 2.24) is 9.97 Å². The second-order valence-corrected chi connectivity index (χ2v) is 7.16. The van der Waals surface area contributed by atoms with Crippen molar-refractivity contribution in [2.75, 3.05) is 23.9 Å². The van der Waals surface area contributed by atoms with Gasteiger partial charge in [-0.15, -0.1) is 0 Å². The highest BCUT2D eigenvalue weighted by molar-refractivity contribution is 5.94. The Kier molecular flexibility index (Phi) is 4.48. The maximum absolute atomic E-state index is 5.59. The Bertz CT molecular complexity index is 1160. The molecule has 5 nitrogen and oxygen atoms in total. The van der Waals surface area contributed by atoms with E-state index in [0.29, 0.717) is 5.95 Å². The number of hydrogen-bond donors (Lipinski definition) is 1. The first-order valence-electron chi connectivity index (χ1n) is 9.80. The summed E-state index contributed by atoms with van der Waals surface area (Å²) in [5.74, 6) is 2.25. The van der Waals surface area contributed by atoms with Crippen molar-refractivity contribution < 1.29 is 4.74 Å². The van der Waals surface area contributed by atoms with E-state index in [1.54, 1.807) is 7.11 Å². The summed E-state index contributed by atoms with van der Waals surface area (Å²) in [6, 6.07) is 24.6. The van der Waals surface area contributed by atoms with Gasteiger partial charge in [0.2, 0.25) is 5.95 Å². The number of nitrogens with one attached hydrogen (secondary N) is 1. The number of benzene rings is 3. The van der Waals surface area contributed by atoms with Gasteiger partial charge in [-0.1, -0.05) is 48.5 Å². The molecule has 0 radical (unpaired) electrons. The zero-order chi connectivity index (χ0) is 19.6. The molecule has 144 valence electrons. The molecule has 0 aliphatic carbocycles. The zero-order valence-corrected chi connectivity index (χ0v) is 16.3. The van der Waals surface area contributed by atoms with Crippen molar-refractivity contribution in [1.29, 1.82) is 0 Å². The molecule has 1 aliphatic rings. The number of fused-ring (bicyclic) bond motifs is 2. The highest BCUT2D eigenvalue weighted by Crippen LogP contribution is 2.34. The summed E-state index contributed by atoms with van der Waals surface area (Å²) in [5.41, 5.74) is 4.54. The Hall–Kier alpha value is -3.60. The highest BCUT2D eigenvalue weighted by atomic mass is 16.5. The standard InChI is InChI=1S/C24H22N4O/c1-29-21-13-7-12-20-22(21)26-24(25-19-10-3-2-4-11-19)27-23(20)28-15-14-17-8-5-6-9-18(17)16-28/h2-13H,14-16H2,1H3,(H,25,26,27). The molecule has 3 aromatic carbocycles. The van der Waals surface area contributed by atoms with Gasteiger partial charge in [0.25, 0.3) is 0 Å². The summed E-state index contributed by atoms with van der Waals surface area (Å²) in [7, 11) is 1.68. The molecule has 0 atom stereocenters. The van der Waals surface area contributed by atoms with Gasteiger partial charge in [0.05, 0.1) is 7.11 Å². The number of para-hydroxylation sites is 2. The van der Waals surface area contributed by atoms with Crippen LogP contribution in [0.25, 0.3) is 10.9 Å². The molecule has 0 fully saturated rings. The molecule has 5 heteroatoms. The summed E-state index contributed by atoms with van der Waals surface area (Å²) >= 11 is 0. The zero-order valence-electron chi connectivity index (χ0n) is 16.3. The van der Waals surface area contributed by atoms with E-state index in [4.69, 9.17) is 14.7 Å². The quantitative estimate of drug-likeness (QED) is 0.541. The number of nitrogens with zero attached hydrogens (tertiary/aromatic N) is 3. The predicted octanol–water partition coefficient (Wildman–Crippen LogP) is 4.94. The van der Waals surface area contributed by atoms with Gasteiger partial charge in [-0.3, -0.25) is 0 Å². The van der Waals surface area contributed by atoms with Gasteiger partial charge in [-0.05, 0) is 41.8 Å². The Morgan fingerprint density at radius 1 is 0.862 bits per heavy atom. The largest absolute Gasteiger partial charge is 0.494 e. The molecule has 0 amide bonds. The molecule has 0 unspecified atom stereocenters. The minimum Gasteiger partial charge on any atom is -0.494 e. The fraction of sp³-hybridized carbons (Fsp3) is 0.167. The lowest BCUT2D eigenvalue weighted by Gasteiger charge is -2.30. The van der Waals surface area contributed by atoms with Crippen LogP contribution in [0.4, 0.5) is 17.5 Å². The Balaban J connectivity index is 1.61. The SMILES string of the molecule is COc1cccc2c(N3CCc4ccccc4C3)nc(Nc3ccccc3)nc12. The van der Waals surface area contributed by atoms with E-state index in [9.17, 15) is 0 Å². The molecule has 2 heterocycles. The van der Waals surface area contributed by atoms with E-state index >= 15 is 0 Å². The van der Waals surface area contributed by atoms with Gasteiger partial charge in [-0.2, -0.15) is 4.98 Å². The number of hydrogen-bond acceptors (Lipinski definition) is 5. The lowest BCUT2D eigenvalue weighted by atomic mass is 9.99. The van der Waals surface area contributed by atoms with Crippen LogP contribution in [-0.2, 0) is 13.0 Å². The van der Waals surface area contributed by atoms with Gasteiger partial charge >= 0.3 is 0 Å². The third kappa shape index (κ3) is 3.36. The van der Waals surface area contributed by atoms with E-state index < -0.39 is 0 Å². The van der Waals surface area contributed by atoms with Gasteiger partial charge < -0.3 is 15.0 Å². The van der Waals surface area contributed by atoms with E-state index in [1.165, 1.54) is 11.1 Å². The maximum atomic E-state index is 5.59. The number of rotatable bonds is 4. The second kappa shape index (κ2) is 7.43. The fourth-order valence-electron chi connectivity index (χ4n) is 3.90. The van der Waals surface area contributed by atoms with Gasteiger partial charge in [0, 0.05) is 24.2 Å². The summed E-state index contributed by atoms with van der Waals surface area (Å²) in [4.78, 5) is 12.0. The molecule has 29 heavy (non-hydrogen) atoms. The predicted molar refractivity (Wildman–Crippen MR) is 117 cm³/mol. The molecule has 5 rings (SSSR count). The van der Waals surface area contributed by atoms with E-state index in [-0.39, 0.29) is 0 Å². The van der Waals surface area contributed by atoms with E-state index in [2.05, 4.69) is 40.5 Å². The van der Waals surface area contributed by atoms with Crippen LogP contribution < -0.4 is 15.0 Å². The molecular formula is C24H22N4O. The maximum Gasteiger partial charge on any atom is 0.229 e. The lowest BCUT2D eigenvalue weighted by Crippen LogP contribution is -2.31. The number of anilines is 3. The number of ether oxygens (including phenoxy) is 1. The summed E-state index contributed by atoms with van der Waals surface area (Å²) in [6.07, 6.45) is 1.01. The van der Waals surface area contributed by atoms with Crippen molar-refractivity contribution in [2.45, 2.75) is 13.0 Å². The summed E-state index contributed by atoms with van der Waals surface area (Å²) < 4.78 is 5.59. The molecular weight excluding hydrogens is 360 g/mol. The molecule has 0 bridgehead atoms.